The van der Waals surface area contributed by atoms with Crippen molar-refractivity contribution in [2.45, 2.75) is 38.1 Å². The van der Waals surface area contributed by atoms with Gasteiger partial charge in [0.15, 0.2) is 0 Å². The molecule has 24 heavy (non-hydrogen) atoms. The number of hydrogen-bond donors (Lipinski definition) is 2. The van der Waals surface area contributed by atoms with Crippen LogP contribution in [0.4, 0.5) is 10.3 Å². The van der Waals surface area contributed by atoms with Gasteiger partial charge >= 0.3 is 0 Å². The SMILES string of the molecule is O=C(Nc1nnc(NC2CCc3ccccc32)s1)C1CC=CCC1. The second-order valence-electron chi connectivity index (χ2n) is 6.32. The molecule has 0 fully saturated rings. The number of rotatable bonds is 4. The van der Waals surface area contributed by atoms with Crippen molar-refractivity contribution in [3.8, 4) is 0 Å². The lowest BCUT2D eigenvalue weighted by Crippen LogP contribution is -2.23. The number of fused-ring (bicyclic) bond motifs is 1. The number of nitrogens with zero attached hydrogens (tertiary/aromatic N) is 2. The Labute approximate surface area is 145 Å². The summed E-state index contributed by atoms with van der Waals surface area (Å²) in [5.41, 5.74) is 2.74. The standard InChI is InChI=1S/C18H20N4OS/c23-16(13-7-2-1-3-8-13)20-18-22-21-17(24-18)19-15-11-10-12-6-4-5-9-14(12)15/h1-2,4-6,9,13,15H,3,7-8,10-11H2,(H,19,21)(H,20,22,23). The molecule has 1 aromatic carbocycles. The van der Waals surface area contributed by atoms with Crippen LogP contribution in [-0.4, -0.2) is 16.1 Å². The van der Waals surface area contributed by atoms with Crippen LogP contribution in [0.25, 0.3) is 0 Å². The van der Waals surface area contributed by atoms with Gasteiger partial charge in [-0.1, -0.05) is 47.8 Å². The lowest BCUT2D eigenvalue weighted by atomic mass is 9.94. The maximum atomic E-state index is 12.3. The fourth-order valence-electron chi connectivity index (χ4n) is 3.43. The molecule has 0 bridgehead atoms. The van der Waals surface area contributed by atoms with Gasteiger partial charge in [-0.2, -0.15) is 0 Å². The maximum absolute atomic E-state index is 12.3. The van der Waals surface area contributed by atoms with Crippen LogP contribution in [0.15, 0.2) is 36.4 Å². The average molecular weight is 340 g/mol. The number of carbonyl (C=O) groups excluding carboxylic acids is 1. The monoisotopic (exact) mass is 340 g/mol. The van der Waals surface area contributed by atoms with Crippen LogP contribution >= 0.6 is 11.3 Å². The summed E-state index contributed by atoms with van der Waals surface area (Å²) in [6, 6.07) is 8.78. The molecule has 0 radical (unpaired) electrons. The minimum Gasteiger partial charge on any atom is -0.353 e. The van der Waals surface area contributed by atoms with Gasteiger partial charge in [0.25, 0.3) is 0 Å². The summed E-state index contributed by atoms with van der Waals surface area (Å²) in [4.78, 5) is 12.3. The van der Waals surface area contributed by atoms with Gasteiger partial charge in [-0.3, -0.25) is 4.79 Å². The van der Waals surface area contributed by atoms with E-state index in [1.807, 2.05) is 0 Å². The summed E-state index contributed by atoms with van der Waals surface area (Å²) in [6.45, 7) is 0. The molecule has 2 unspecified atom stereocenters. The number of benzene rings is 1. The maximum Gasteiger partial charge on any atom is 0.229 e. The Hall–Kier alpha value is -2.21. The smallest absolute Gasteiger partial charge is 0.229 e. The quantitative estimate of drug-likeness (QED) is 0.828. The van der Waals surface area contributed by atoms with Gasteiger partial charge in [0.2, 0.25) is 16.2 Å². The molecule has 0 spiro atoms. The molecular formula is C18H20N4OS. The number of allylic oxidation sites excluding steroid dienone is 2. The van der Waals surface area contributed by atoms with Crippen LogP contribution in [0.5, 0.6) is 0 Å². The summed E-state index contributed by atoms with van der Waals surface area (Å²) >= 11 is 1.40. The van der Waals surface area contributed by atoms with E-state index in [1.54, 1.807) is 0 Å². The summed E-state index contributed by atoms with van der Waals surface area (Å²) in [5, 5.41) is 16.0. The van der Waals surface area contributed by atoms with Crippen LogP contribution in [0, 0.1) is 5.92 Å². The van der Waals surface area contributed by atoms with Gasteiger partial charge in [0.1, 0.15) is 0 Å². The molecule has 0 saturated heterocycles. The highest BCUT2D eigenvalue weighted by molar-refractivity contribution is 7.19. The highest BCUT2D eigenvalue weighted by atomic mass is 32.1. The molecular weight excluding hydrogens is 320 g/mol. The lowest BCUT2D eigenvalue weighted by Gasteiger charge is -2.15. The second kappa shape index (κ2) is 6.73. The summed E-state index contributed by atoms with van der Waals surface area (Å²) in [5.74, 6) is 0.102. The van der Waals surface area contributed by atoms with Crippen molar-refractivity contribution in [1.82, 2.24) is 10.2 Å². The Morgan fingerprint density at radius 3 is 2.88 bits per heavy atom. The van der Waals surface area contributed by atoms with E-state index < -0.39 is 0 Å². The third kappa shape index (κ3) is 3.19. The van der Waals surface area contributed by atoms with Crippen LogP contribution < -0.4 is 10.6 Å². The highest BCUT2D eigenvalue weighted by Crippen LogP contribution is 2.35. The zero-order valence-corrected chi connectivity index (χ0v) is 14.2. The van der Waals surface area contributed by atoms with Crippen molar-refractivity contribution in [2.75, 3.05) is 10.6 Å². The molecule has 1 heterocycles. The summed E-state index contributed by atoms with van der Waals surface area (Å²) in [6.07, 6.45) is 9.07. The van der Waals surface area contributed by atoms with E-state index in [1.165, 1.54) is 22.5 Å². The van der Waals surface area contributed by atoms with E-state index in [2.05, 4.69) is 57.2 Å². The fraction of sp³-hybridized carbons (Fsp3) is 0.389. The number of aryl methyl sites for hydroxylation is 1. The predicted octanol–water partition coefficient (Wildman–Crippen LogP) is 3.93. The molecule has 2 aliphatic carbocycles. The van der Waals surface area contributed by atoms with E-state index in [4.69, 9.17) is 0 Å². The Balaban J connectivity index is 1.39. The number of carbonyl (C=O) groups is 1. The van der Waals surface area contributed by atoms with Crippen molar-refractivity contribution in [3.05, 3.63) is 47.5 Å². The average Bonchev–Trinajstić information content (AvgIpc) is 3.23. The predicted molar refractivity (Wildman–Crippen MR) is 96.1 cm³/mol. The van der Waals surface area contributed by atoms with Gasteiger partial charge in [0.05, 0.1) is 6.04 Å². The third-order valence-corrected chi connectivity index (χ3v) is 5.50. The zero-order valence-electron chi connectivity index (χ0n) is 13.4. The molecule has 1 aromatic heterocycles. The van der Waals surface area contributed by atoms with E-state index in [0.29, 0.717) is 5.13 Å². The zero-order chi connectivity index (χ0) is 16.4. The molecule has 6 heteroatoms. The van der Waals surface area contributed by atoms with Crippen molar-refractivity contribution in [3.63, 3.8) is 0 Å². The second-order valence-corrected chi connectivity index (χ2v) is 7.29. The Morgan fingerprint density at radius 1 is 1.12 bits per heavy atom. The van der Waals surface area contributed by atoms with Crippen molar-refractivity contribution < 1.29 is 4.79 Å². The van der Waals surface area contributed by atoms with Crippen molar-refractivity contribution in [2.24, 2.45) is 5.92 Å². The van der Waals surface area contributed by atoms with Gasteiger partial charge in [0, 0.05) is 5.92 Å². The molecule has 0 saturated carbocycles. The van der Waals surface area contributed by atoms with Crippen LogP contribution in [0.3, 0.4) is 0 Å². The van der Waals surface area contributed by atoms with Crippen LogP contribution in [-0.2, 0) is 11.2 Å². The Kier molecular flexibility index (Phi) is 4.30. The van der Waals surface area contributed by atoms with Gasteiger partial charge in [-0.05, 0) is 43.2 Å². The number of hydrogen-bond acceptors (Lipinski definition) is 5. The molecule has 2 aliphatic rings. The fourth-order valence-corrected chi connectivity index (χ4v) is 4.13. The molecule has 2 aromatic rings. The number of nitrogens with one attached hydrogen (secondary N) is 2. The molecule has 1 amide bonds. The normalized spacial score (nSPS) is 22.2. The molecule has 2 N–H and O–H groups in total. The summed E-state index contributed by atoms with van der Waals surface area (Å²) in [7, 11) is 0. The number of anilines is 2. The van der Waals surface area contributed by atoms with Crippen molar-refractivity contribution >= 4 is 27.5 Å². The minimum absolute atomic E-state index is 0.0493. The first-order valence-corrected chi connectivity index (χ1v) is 9.25. The minimum atomic E-state index is 0.0493. The largest absolute Gasteiger partial charge is 0.353 e. The van der Waals surface area contributed by atoms with E-state index in [-0.39, 0.29) is 17.9 Å². The molecule has 4 rings (SSSR count). The van der Waals surface area contributed by atoms with Gasteiger partial charge in [-0.15, -0.1) is 10.2 Å². The number of amides is 1. The van der Waals surface area contributed by atoms with Crippen molar-refractivity contribution in [1.29, 1.82) is 0 Å². The molecule has 0 aliphatic heterocycles. The first-order chi connectivity index (χ1) is 11.8. The summed E-state index contributed by atoms with van der Waals surface area (Å²) < 4.78 is 0. The number of aromatic nitrogens is 2. The van der Waals surface area contributed by atoms with E-state index in [0.717, 1.165) is 37.2 Å². The van der Waals surface area contributed by atoms with E-state index >= 15 is 0 Å². The topological polar surface area (TPSA) is 66.9 Å². The Morgan fingerprint density at radius 2 is 2.00 bits per heavy atom. The van der Waals surface area contributed by atoms with Crippen LogP contribution in [0.2, 0.25) is 0 Å². The van der Waals surface area contributed by atoms with E-state index in [9.17, 15) is 4.79 Å². The third-order valence-electron chi connectivity index (χ3n) is 4.73. The molecule has 5 nitrogen and oxygen atoms in total. The highest BCUT2D eigenvalue weighted by Gasteiger charge is 2.24. The molecule has 124 valence electrons. The first-order valence-electron chi connectivity index (χ1n) is 8.43. The molecule has 2 atom stereocenters. The first kappa shape index (κ1) is 15.3. The van der Waals surface area contributed by atoms with Crippen LogP contribution in [0.1, 0.15) is 42.9 Å². The van der Waals surface area contributed by atoms with Gasteiger partial charge in [-0.25, -0.2) is 0 Å². The lowest BCUT2D eigenvalue weighted by molar-refractivity contribution is -0.120. The van der Waals surface area contributed by atoms with Gasteiger partial charge < -0.3 is 10.6 Å². The Bertz CT molecular complexity index is 770.